The summed E-state index contributed by atoms with van der Waals surface area (Å²) in [5.74, 6) is 0. The molecule has 0 aliphatic carbocycles. The Morgan fingerprint density at radius 2 is 0.709 bits per heavy atom. The van der Waals surface area contributed by atoms with E-state index in [4.69, 9.17) is 61.2 Å². The fraction of sp³-hybridized carbons (Fsp3) is 0.684. The first kappa shape index (κ1) is 49.2. The summed E-state index contributed by atoms with van der Waals surface area (Å²) in [6, 6.07) is 20.0. The van der Waals surface area contributed by atoms with E-state index in [0.717, 1.165) is 37.4 Å². The molecular formula is C38H64NO15P. The Kier molecular flexibility index (Phi) is 33.7. The summed E-state index contributed by atoms with van der Waals surface area (Å²) in [4.78, 5) is 9.72. The zero-order valence-electron chi connectivity index (χ0n) is 32.3. The molecule has 316 valence electrons. The van der Waals surface area contributed by atoms with Gasteiger partial charge in [-0.2, -0.15) is 0 Å². The van der Waals surface area contributed by atoms with Gasteiger partial charge in [0.25, 0.3) is 0 Å². The highest BCUT2D eigenvalue weighted by Crippen LogP contribution is 2.42. The maximum Gasteiger partial charge on any atom is 0.472 e. The van der Waals surface area contributed by atoms with Crippen LogP contribution >= 0.6 is 7.82 Å². The van der Waals surface area contributed by atoms with Crippen molar-refractivity contribution in [3.63, 3.8) is 0 Å². The molecule has 2 N–H and O–H groups in total. The van der Waals surface area contributed by atoms with Crippen molar-refractivity contribution in [1.29, 1.82) is 0 Å². The third-order valence-corrected chi connectivity index (χ3v) is 8.03. The monoisotopic (exact) mass is 805 g/mol. The van der Waals surface area contributed by atoms with Gasteiger partial charge in [0.1, 0.15) is 0 Å². The number of ether oxygens (including phenoxy) is 11. The van der Waals surface area contributed by atoms with Crippen LogP contribution in [0.5, 0.6) is 0 Å². The number of hydrogen-bond donors (Lipinski definition) is 2. The molecule has 1 fully saturated rings. The number of benzene rings is 2. The zero-order chi connectivity index (χ0) is 39.0. The fourth-order valence-electron chi connectivity index (χ4n) is 4.26. The third-order valence-electron chi connectivity index (χ3n) is 7.01. The van der Waals surface area contributed by atoms with E-state index >= 15 is 0 Å². The molecule has 55 heavy (non-hydrogen) atoms. The minimum Gasteiger partial charge on any atom is -0.379 e. The normalized spacial score (nSPS) is 13.1. The van der Waals surface area contributed by atoms with E-state index in [-0.39, 0.29) is 26.4 Å². The van der Waals surface area contributed by atoms with Crippen molar-refractivity contribution in [3.05, 3.63) is 71.8 Å². The summed E-state index contributed by atoms with van der Waals surface area (Å²) in [6.45, 7) is 12.1. The largest absolute Gasteiger partial charge is 0.472 e. The summed E-state index contributed by atoms with van der Waals surface area (Å²) in [6.07, 6.45) is 0. The van der Waals surface area contributed by atoms with Crippen LogP contribution in [0, 0.1) is 0 Å². The van der Waals surface area contributed by atoms with Crippen LogP contribution in [-0.2, 0) is 78.9 Å². The van der Waals surface area contributed by atoms with Crippen LogP contribution in [-0.4, -0.2) is 163 Å². The van der Waals surface area contributed by atoms with E-state index in [2.05, 4.69) is 5.32 Å². The van der Waals surface area contributed by atoms with Gasteiger partial charge in [0.15, 0.2) is 0 Å². The molecule has 17 heteroatoms. The third kappa shape index (κ3) is 33.9. The first-order chi connectivity index (χ1) is 27.2. The molecule has 0 amide bonds. The minimum atomic E-state index is -4.18. The van der Waals surface area contributed by atoms with E-state index in [1.807, 2.05) is 60.7 Å². The quantitative estimate of drug-likeness (QED) is 0.0760. The van der Waals surface area contributed by atoms with Crippen LogP contribution in [0.2, 0.25) is 0 Å². The number of nitrogens with one attached hydrogen (secondary N) is 1. The standard InChI is InChI=1S/C34H55O14P.C4H9NO/c35-49(36,47-29-27-43-21-19-39-13-11-37-15-17-41-23-25-45-31-33-7-3-1-4-8-33)48-30-28-44-22-20-40-14-12-38-16-18-42-24-26-46-32-34-9-5-2-6-10-34;1-3-6-4-2-5-1/h1-10H,11-32H2,(H,35,36);5H,1-4H2. The molecule has 1 aliphatic heterocycles. The van der Waals surface area contributed by atoms with E-state index in [9.17, 15) is 9.46 Å². The molecule has 0 atom stereocenters. The van der Waals surface area contributed by atoms with Crippen molar-refractivity contribution < 1.29 is 70.6 Å². The van der Waals surface area contributed by atoms with Gasteiger partial charge in [-0.3, -0.25) is 9.05 Å². The van der Waals surface area contributed by atoms with E-state index in [1.165, 1.54) is 0 Å². The maximum atomic E-state index is 11.9. The second kappa shape index (κ2) is 37.6. The second-order valence-electron chi connectivity index (χ2n) is 11.5. The lowest BCUT2D eigenvalue weighted by molar-refractivity contribution is -0.0165. The average molecular weight is 806 g/mol. The van der Waals surface area contributed by atoms with Crippen LogP contribution in [0.15, 0.2) is 60.7 Å². The van der Waals surface area contributed by atoms with Crippen molar-refractivity contribution in [1.82, 2.24) is 5.32 Å². The number of morpholine rings is 1. The zero-order valence-corrected chi connectivity index (χ0v) is 33.2. The van der Waals surface area contributed by atoms with Crippen LogP contribution in [0.4, 0.5) is 0 Å². The number of phosphoric ester groups is 1. The molecule has 0 bridgehead atoms. The number of phosphoric acid groups is 1. The molecule has 0 spiro atoms. The Bertz CT molecular complexity index is 1030. The van der Waals surface area contributed by atoms with Gasteiger partial charge < -0.3 is 62.3 Å². The predicted octanol–water partition coefficient (Wildman–Crippen LogP) is 3.29. The van der Waals surface area contributed by atoms with Gasteiger partial charge in [-0.1, -0.05) is 60.7 Å². The van der Waals surface area contributed by atoms with Crippen molar-refractivity contribution >= 4 is 7.82 Å². The van der Waals surface area contributed by atoms with Crippen LogP contribution in [0.1, 0.15) is 11.1 Å². The first-order valence-corrected chi connectivity index (χ1v) is 20.4. The van der Waals surface area contributed by atoms with Crippen LogP contribution < -0.4 is 5.32 Å². The van der Waals surface area contributed by atoms with Gasteiger partial charge in [-0.25, -0.2) is 4.57 Å². The van der Waals surface area contributed by atoms with Crippen LogP contribution in [0.25, 0.3) is 0 Å². The van der Waals surface area contributed by atoms with Gasteiger partial charge in [-0.15, -0.1) is 0 Å². The molecule has 1 aliphatic rings. The summed E-state index contributed by atoms with van der Waals surface area (Å²) >= 11 is 0. The van der Waals surface area contributed by atoms with Crippen LogP contribution in [0.3, 0.4) is 0 Å². The Labute approximate surface area is 326 Å². The topological polar surface area (TPSA) is 169 Å². The highest BCUT2D eigenvalue weighted by molar-refractivity contribution is 7.47. The van der Waals surface area contributed by atoms with Gasteiger partial charge in [-0.05, 0) is 11.1 Å². The van der Waals surface area contributed by atoms with E-state index in [0.29, 0.717) is 119 Å². The lowest BCUT2D eigenvalue weighted by Gasteiger charge is -2.12. The first-order valence-electron chi connectivity index (χ1n) is 18.9. The fourth-order valence-corrected chi connectivity index (χ4v) is 4.95. The highest BCUT2D eigenvalue weighted by Gasteiger charge is 2.20. The smallest absolute Gasteiger partial charge is 0.379 e. The molecule has 0 saturated carbocycles. The van der Waals surface area contributed by atoms with E-state index < -0.39 is 7.82 Å². The highest BCUT2D eigenvalue weighted by atomic mass is 31.2. The van der Waals surface area contributed by atoms with Gasteiger partial charge >= 0.3 is 7.82 Å². The second-order valence-corrected chi connectivity index (χ2v) is 12.9. The molecule has 0 unspecified atom stereocenters. The van der Waals surface area contributed by atoms with Gasteiger partial charge in [0.2, 0.25) is 0 Å². The maximum absolute atomic E-state index is 11.9. The lowest BCUT2D eigenvalue weighted by atomic mass is 10.2. The number of hydrogen-bond acceptors (Lipinski definition) is 15. The predicted molar refractivity (Wildman–Crippen MR) is 204 cm³/mol. The molecule has 1 saturated heterocycles. The molecule has 0 aromatic heterocycles. The molecule has 16 nitrogen and oxygen atoms in total. The molecule has 2 aromatic carbocycles. The summed E-state index contributed by atoms with van der Waals surface area (Å²) < 4.78 is 81.1. The summed E-state index contributed by atoms with van der Waals surface area (Å²) in [5, 5.41) is 3.16. The Hall–Kier alpha value is -1.93. The van der Waals surface area contributed by atoms with Crippen molar-refractivity contribution in [2.45, 2.75) is 13.2 Å². The SMILES string of the molecule is C1COCCN1.O=P(O)(OCCOCCOCCOCCOCCOCc1ccccc1)OCCOCCOCCOCCOCCOCc1ccccc1. The van der Waals surface area contributed by atoms with E-state index in [1.54, 1.807) is 0 Å². The number of rotatable bonds is 36. The molecule has 2 aromatic rings. The van der Waals surface area contributed by atoms with Gasteiger partial charge in [0.05, 0.1) is 159 Å². The van der Waals surface area contributed by atoms with Crippen molar-refractivity contribution in [2.75, 3.05) is 158 Å². The molecule has 0 radical (unpaired) electrons. The minimum absolute atomic E-state index is 0.0970. The lowest BCUT2D eigenvalue weighted by Crippen LogP contribution is -2.30. The molecule has 3 rings (SSSR count). The Morgan fingerprint density at radius 3 is 0.964 bits per heavy atom. The Balaban J connectivity index is 0.00000158. The molecular weight excluding hydrogens is 741 g/mol. The summed E-state index contributed by atoms with van der Waals surface area (Å²) in [5.41, 5.74) is 2.27. The Morgan fingerprint density at radius 1 is 0.436 bits per heavy atom. The van der Waals surface area contributed by atoms with Gasteiger partial charge in [0, 0.05) is 13.1 Å². The van der Waals surface area contributed by atoms with Crippen molar-refractivity contribution in [2.24, 2.45) is 0 Å². The summed E-state index contributed by atoms with van der Waals surface area (Å²) in [7, 11) is -4.18. The average Bonchev–Trinajstić information content (AvgIpc) is 3.22. The molecule has 1 heterocycles. The van der Waals surface area contributed by atoms with Crippen molar-refractivity contribution in [3.8, 4) is 0 Å².